The molecule has 0 amide bonds. The van der Waals surface area contributed by atoms with Crippen molar-refractivity contribution in [3.05, 3.63) is 35.9 Å². The average molecular weight is 349 g/mol. The van der Waals surface area contributed by atoms with Crippen molar-refractivity contribution in [1.29, 1.82) is 0 Å². The summed E-state index contributed by atoms with van der Waals surface area (Å²) in [6, 6.07) is 11.3. The Hall–Kier alpha value is -1.20. The Bertz CT molecular complexity index is 507. The molecule has 1 fully saturated rings. The van der Waals surface area contributed by atoms with Gasteiger partial charge in [-0.3, -0.25) is 9.89 Å². The molecule has 0 atom stereocenters. The maximum atomic E-state index is 4.38. The fourth-order valence-corrected chi connectivity index (χ4v) is 3.05. The number of aliphatic imine (C=N–C) groups is 1. The molecular formula is C19H32N4S. The predicted octanol–water partition coefficient (Wildman–Crippen LogP) is 2.96. The molecule has 0 aromatic heterocycles. The maximum absolute atomic E-state index is 4.38. The Balaban J connectivity index is 1.73. The second-order valence-corrected chi connectivity index (χ2v) is 8.58. The van der Waals surface area contributed by atoms with Crippen molar-refractivity contribution in [3.8, 4) is 0 Å². The van der Waals surface area contributed by atoms with Crippen molar-refractivity contribution in [1.82, 2.24) is 15.5 Å². The highest BCUT2D eigenvalue weighted by atomic mass is 32.2. The standard InChI is InChI=1S/C19H32N4S/c1-19(2,24-4)15-21-18(20-3)22-17-10-12-23(13-11-17)14-16-8-6-5-7-9-16/h5-9,17H,10-15H2,1-4H3,(H2,20,21,22). The fraction of sp³-hybridized carbons (Fsp3) is 0.632. The molecule has 1 heterocycles. The first-order valence-electron chi connectivity index (χ1n) is 8.81. The van der Waals surface area contributed by atoms with Gasteiger partial charge in [0, 0.05) is 44.0 Å². The molecule has 0 aliphatic carbocycles. The third-order valence-corrected chi connectivity index (χ3v) is 5.88. The first-order chi connectivity index (χ1) is 11.5. The van der Waals surface area contributed by atoms with Crippen molar-refractivity contribution in [3.63, 3.8) is 0 Å². The summed E-state index contributed by atoms with van der Waals surface area (Å²) in [5.41, 5.74) is 1.40. The van der Waals surface area contributed by atoms with Crippen molar-refractivity contribution in [2.24, 2.45) is 4.99 Å². The topological polar surface area (TPSA) is 39.7 Å². The van der Waals surface area contributed by atoms with E-state index in [4.69, 9.17) is 0 Å². The summed E-state index contributed by atoms with van der Waals surface area (Å²) < 4.78 is 0.219. The fourth-order valence-electron chi connectivity index (χ4n) is 2.83. The first-order valence-corrected chi connectivity index (χ1v) is 10.0. The second kappa shape index (κ2) is 9.33. The van der Waals surface area contributed by atoms with Crippen LogP contribution >= 0.6 is 11.8 Å². The van der Waals surface area contributed by atoms with E-state index >= 15 is 0 Å². The van der Waals surface area contributed by atoms with E-state index in [1.165, 1.54) is 18.4 Å². The minimum atomic E-state index is 0.219. The molecule has 0 bridgehead atoms. The zero-order chi connectivity index (χ0) is 17.4. The van der Waals surface area contributed by atoms with Gasteiger partial charge in [-0.2, -0.15) is 11.8 Å². The molecule has 1 aromatic rings. The summed E-state index contributed by atoms with van der Waals surface area (Å²) in [6.45, 7) is 8.75. The van der Waals surface area contributed by atoms with Crippen LogP contribution in [0.1, 0.15) is 32.3 Å². The molecule has 0 unspecified atom stereocenters. The molecule has 2 N–H and O–H groups in total. The zero-order valence-corrected chi connectivity index (χ0v) is 16.3. The molecule has 0 radical (unpaired) electrons. The summed E-state index contributed by atoms with van der Waals surface area (Å²) in [5, 5.41) is 7.05. The number of guanidine groups is 1. The number of hydrogen-bond acceptors (Lipinski definition) is 3. The van der Waals surface area contributed by atoms with Crippen LogP contribution in [-0.4, -0.2) is 54.6 Å². The highest BCUT2D eigenvalue weighted by Gasteiger charge is 2.21. The van der Waals surface area contributed by atoms with Crippen LogP contribution in [0.3, 0.4) is 0 Å². The summed E-state index contributed by atoms with van der Waals surface area (Å²) in [5.74, 6) is 0.929. The van der Waals surface area contributed by atoms with Gasteiger partial charge in [0.15, 0.2) is 5.96 Å². The molecule has 134 valence electrons. The lowest BCUT2D eigenvalue weighted by molar-refractivity contribution is 0.198. The number of benzene rings is 1. The van der Waals surface area contributed by atoms with E-state index in [0.717, 1.165) is 32.1 Å². The van der Waals surface area contributed by atoms with Crippen LogP contribution in [0.4, 0.5) is 0 Å². The Morgan fingerprint density at radius 3 is 2.50 bits per heavy atom. The van der Waals surface area contributed by atoms with Crippen molar-refractivity contribution in [2.75, 3.05) is 32.9 Å². The van der Waals surface area contributed by atoms with Crippen molar-refractivity contribution in [2.45, 2.75) is 44.0 Å². The van der Waals surface area contributed by atoms with E-state index in [2.05, 4.69) is 71.0 Å². The van der Waals surface area contributed by atoms with Crippen LogP contribution in [0, 0.1) is 0 Å². The molecule has 0 spiro atoms. The van der Waals surface area contributed by atoms with Gasteiger partial charge >= 0.3 is 0 Å². The number of rotatable bonds is 6. The van der Waals surface area contributed by atoms with Gasteiger partial charge in [-0.05, 0) is 38.5 Å². The Labute approximate surface area is 151 Å². The van der Waals surface area contributed by atoms with E-state index in [1.54, 1.807) is 0 Å². The molecule has 4 nitrogen and oxygen atoms in total. The molecule has 1 aromatic carbocycles. The summed E-state index contributed by atoms with van der Waals surface area (Å²) >= 11 is 1.87. The number of piperidine rings is 1. The van der Waals surface area contributed by atoms with Gasteiger partial charge in [0.2, 0.25) is 0 Å². The lowest BCUT2D eigenvalue weighted by Gasteiger charge is -2.33. The van der Waals surface area contributed by atoms with Gasteiger partial charge in [0.05, 0.1) is 0 Å². The molecule has 1 aliphatic rings. The molecule has 1 saturated heterocycles. The Morgan fingerprint density at radius 1 is 1.25 bits per heavy atom. The SMILES string of the molecule is CN=C(NCC(C)(C)SC)NC1CCN(Cc2ccccc2)CC1. The quantitative estimate of drug-likeness (QED) is 0.612. The first kappa shape index (κ1) is 19.1. The van der Waals surface area contributed by atoms with E-state index < -0.39 is 0 Å². The van der Waals surface area contributed by atoms with Crippen LogP contribution in [0.2, 0.25) is 0 Å². The summed E-state index contributed by atoms with van der Waals surface area (Å²) in [6.07, 6.45) is 4.49. The predicted molar refractivity (Wildman–Crippen MR) is 107 cm³/mol. The molecule has 1 aliphatic heterocycles. The number of nitrogens with one attached hydrogen (secondary N) is 2. The summed E-state index contributed by atoms with van der Waals surface area (Å²) in [4.78, 5) is 6.92. The van der Waals surface area contributed by atoms with Gasteiger partial charge in [0.25, 0.3) is 0 Å². The Kier molecular flexibility index (Phi) is 7.43. The smallest absolute Gasteiger partial charge is 0.191 e. The largest absolute Gasteiger partial charge is 0.355 e. The maximum Gasteiger partial charge on any atom is 0.191 e. The van der Waals surface area contributed by atoms with Gasteiger partial charge in [-0.15, -0.1) is 0 Å². The van der Waals surface area contributed by atoms with E-state index in [9.17, 15) is 0 Å². The van der Waals surface area contributed by atoms with E-state index in [0.29, 0.717) is 6.04 Å². The van der Waals surface area contributed by atoms with Crippen LogP contribution in [0.5, 0.6) is 0 Å². The van der Waals surface area contributed by atoms with Crippen LogP contribution in [0.25, 0.3) is 0 Å². The van der Waals surface area contributed by atoms with E-state index in [1.807, 2.05) is 18.8 Å². The zero-order valence-electron chi connectivity index (χ0n) is 15.5. The lowest BCUT2D eigenvalue weighted by Crippen LogP contribution is -2.50. The summed E-state index contributed by atoms with van der Waals surface area (Å²) in [7, 11) is 1.85. The third kappa shape index (κ3) is 6.36. The number of hydrogen-bond donors (Lipinski definition) is 2. The van der Waals surface area contributed by atoms with Gasteiger partial charge < -0.3 is 10.6 Å². The van der Waals surface area contributed by atoms with Crippen LogP contribution < -0.4 is 10.6 Å². The van der Waals surface area contributed by atoms with Crippen molar-refractivity contribution < 1.29 is 0 Å². The number of likely N-dealkylation sites (tertiary alicyclic amines) is 1. The highest BCUT2D eigenvalue weighted by Crippen LogP contribution is 2.19. The molecule has 5 heteroatoms. The van der Waals surface area contributed by atoms with Crippen molar-refractivity contribution >= 4 is 17.7 Å². The molecule has 24 heavy (non-hydrogen) atoms. The lowest BCUT2D eigenvalue weighted by atomic mass is 10.0. The second-order valence-electron chi connectivity index (χ2n) is 7.07. The molecular weight excluding hydrogens is 316 g/mol. The normalized spacial score (nSPS) is 17.8. The number of thioether (sulfide) groups is 1. The minimum absolute atomic E-state index is 0.219. The monoisotopic (exact) mass is 348 g/mol. The van der Waals surface area contributed by atoms with Gasteiger partial charge in [-0.1, -0.05) is 30.3 Å². The minimum Gasteiger partial charge on any atom is -0.355 e. The highest BCUT2D eigenvalue weighted by molar-refractivity contribution is 7.99. The van der Waals surface area contributed by atoms with Gasteiger partial charge in [-0.25, -0.2) is 0 Å². The van der Waals surface area contributed by atoms with Crippen LogP contribution in [0.15, 0.2) is 35.3 Å². The van der Waals surface area contributed by atoms with Gasteiger partial charge in [0.1, 0.15) is 0 Å². The van der Waals surface area contributed by atoms with E-state index in [-0.39, 0.29) is 4.75 Å². The van der Waals surface area contributed by atoms with Crippen LogP contribution in [-0.2, 0) is 6.54 Å². The number of nitrogens with zero attached hydrogens (tertiary/aromatic N) is 2. The third-order valence-electron chi connectivity index (χ3n) is 4.64. The average Bonchev–Trinajstić information content (AvgIpc) is 2.61. The molecule has 0 saturated carbocycles. The Morgan fingerprint density at radius 2 is 1.92 bits per heavy atom. The molecule has 2 rings (SSSR count).